The molecule has 0 aliphatic heterocycles. The molecule has 0 radical (unpaired) electrons. The Morgan fingerprint density at radius 1 is 1.26 bits per heavy atom. The van der Waals surface area contributed by atoms with Crippen molar-refractivity contribution in [3.63, 3.8) is 0 Å². The number of aryl methyl sites for hydroxylation is 3. The number of fused-ring (bicyclic) bond motifs is 2. The largest absolute Gasteiger partial charge is 0.493 e. The van der Waals surface area contributed by atoms with E-state index < -0.39 is 11.2 Å². The lowest BCUT2D eigenvalue weighted by Gasteiger charge is -2.02. The van der Waals surface area contributed by atoms with Gasteiger partial charge in [-0.1, -0.05) is 29.3 Å². The van der Waals surface area contributed by atoms with Gasteiger partial charge in [0.05, 0.1) is 5.52 Å². The van der Waals surface area contributed by atoms with Gasteiger partial charge in [0.2, 0.25) is 5.88 Å². The lowest BCUT2D eigenvalue weighted by molar-refractivity contribution is 0.436. The van der Waals surface area contributed by atoms with Gasteiger partial charge in [-0.2, -0.15) is 4.98 Å². The number of halogens is 1. The Morgan fingerprint density at radius 2 is 2.00 bits per heavy atom. The van der Waals surface area contributed by atoms with Gasteiger partial charge in [-0.3, -0.25) is 18.9 Å². The molecule has 10 nitrogen and oxygen atoms in total. The molecule has 0 saturated heterocycles. The van der Waals surface area contributed by atoms with Gasteiger partial charge in [0.25, 0.3) is 11.5 Å². The van der Waals surface area contributed by atoms with Crippen LogP contribution >= 0.6 is 11.6 Å². The smallest absolute Gasteiger partial charge is 0.329 e. The fourth-order valence-electron chi connectivity index (χ4n) is 3.41. The lowest BCUT2D eigenvalue weighted by Crippen LogP contribution is -2.29. The summed E-state index contributed by atoms with van der Waals surface area (Å²) in [4.78, 5) is 31.1. The molecular weight excluding hydrogens is 422 g/mol. The van der Waals surface area contributed by atoms with Crippen LogP contribution < -0.4 is 11.2 Å². The number of nitrogens with one attached hydrogen (secondary N) is 1. The third-order valence-electron chi connectivity index (χ3n) is 5.08. The molecule has 3 aromatic heterocycles. The van der Waals surface area contributed by atoms with Crippen LogP contribution in [0.2, 0.25) is 0 Å². The van der Waals surface area contributed by atoms with Crippen LogP contribution in [0.15, 0.2) is 49.1 Å². The first-order valence-electron chi connectivity index (χ1n) is 9.40. The van der Waals surface area contributed by atoms with Crippen LogP contribution in [0.4, 0.5) is 11.6 Å². The summed E-state index contributed by atoms with van der Waals surface area (Å²) < 4.78 is 4.35. The summed E-state index contributed by atoms with van der Waals surface area (Å²) in [6, 6.07) is 5.73. The SMILES string of the molecule is CC(Cl)=CCn1c(N=Nc2c(O)n(C)c3ccc(C)cc23)nc2c1c(=O)[nH]c(=O)n2C. The number of imidazole rings is 1. The topological polar surface area (TPSA) is 123 Å². The van der Waals surface area contributed by atoms with Gasteiger partial charge in [-0.05, 0) is 26.0 Å². The van der Waals surface area contributed by atoms with Gasteiger partial charge in [0.1, 0.15) is 0 Å². The number of aromatic hydroxyl groups is 1. The van der Waals surface area contributed by atoms with Crippen LogP contribution in [0.3, 0.4) is 0 Å². The van der Waals surface area contributed by atoms with Gasteiger partial charge in [0, 0.05) is 31.1 Å². The first kappa shape index (κ1) is 20.6. The van der Waals surface area contributed by atoms with Crippen LogP contribution in [0, 0.1) is 6.92 Å². The first-order chi connectivity index (χ1) is 14.7. The molecule has 0 bridgehead atoms. The van der Waals surface area contributed by atoms with E-state index >= 15 is 0 Å². The zero-order valence-corrected chi connectivity index (χ0v) is 18.1. The number of azo groups is 1. The van der Waals surface area contributed by atoms with Crippen molar-refractivity contribution in [1.82, 2.24) is 23.7 Å². The molecule has 0 spiro atoms. The standard InChI is InChI=1S/C20H20ClN7O3/c1-10-5-6-13-12(9-10)14(18(30)26(13)3)24-25-19-22-16-15(28(19)8-7-11(2)21)17(29)23-20(31)27(16)4/h5-7,9,30H,8H2,1-4H3,(H,23,29,31). The van der Waals surface area contributed by atoms with Crippen LogP contribution in [0.5, 0.6) is 5.88 Å². The van der Waals surface area contributed by atoms with E-state index in [1.54, 1.807) is 24.6 Å². The van der Waals surface area contributed by atoms with Crippen LogP contribution in [0.25, 0.3) is 22.1 Å². The van der Waals surface area contributed by atoms with Gasteiger partial charge >= 0.3 is 5.69 Å². The summed E-state index contributed by atoms with van der Waals surface area (Å²) >= 11 is 5.97. The van der Waals surface area contributed by atoms with E-state index in [-0.39, 0.29) is 35.2 Å². The summed E-state index contributed by atoms with van der Waals surface area (Å²) in [6.45, 7) is 3.85. The Morgan fingerprint density at radius 3 is 2.71 bits per heavy atom. The summed E-state index contributed by atoms with van der Waals surface area (Å²) in [5.41, 5.74) is 1.25. The van der Waals surface area contributed by atoms with Crippen LogP contribution in [-0.2, 0) is 20.6 Å². The van der Waals surface area contributed by atoms with Crippen molar-refractivity contribution in [2.45, 2.75) is 20.4 Å². The number of aromatic nitrogens is 5. The zero-order chi connectivity index (χ0) is 22.4. The molecule has 4 rings (SSSR count). The molecule has 1 aromatic carbocycles. The van der Waals surface area contributed by atoms with E-state index in [9.17, 15) is 14.7 Å². The lowest BCUT2D eigenvalue weighted by atomic mass is 10.1. The maximum Gasteiger partial charge on any atom is 0.329 e. The number of H-pyrrole nitrogens is 1. The summed E-state index contributed by atoms with van der Waals surface area (Å²) in [7, 11) is 3.23. The van der Waals surface area contributed by atoms with E-state index in [0.29, 0.717) is 5.03 Å². The molecule has 11 heteroatoms. The Labute approximate surface area is 180 Å². The van der Waals surface area contributed by atoms with Crippen molar-refractivity contribution in [3.8, 4) is 5.88 Å². The van der Waals surface area contributed by atoms with Crippen molar-refractivity contribution in [2.24, 2.45) is 24.3 Å². The molecular formula is C20H20ClN7O3. The van der Waals surface area contributed by atoms with Gasteiger partial charge in [0.15, 0.2) is 16.9 Å². The van der Waals surface area contributed by atoms with E-state index in [2.05, 4.69) is 20.2 Å². The highest BCUT2D eigenvalue weighted by atomic mass is 35.5. The number of hydrogen-bond acceptors (Lipinski definition) is 6. The fourth-order valence-corrected chi connectivity index (χ4v) is 3.48. The van der Waals surface area contributed by atoms with Crippen molar-refractivity contribution in [3.05, 3.63) is 55.7 Å². The highest BCUT2D eigenvalue weighted by Crippen LogP contribution is 2.39. The summed E-state index contributed by atoms with van der Waals surface area (Å²) in [5, 5.41) is 20.3. The predicted molar refractivity (Wildman–Crippen MR) is 119 cm³/mol. The van der Waals surface area contributed by atoms with Crippen molar-refractivity contribution < 1.29 is 5.11 Å². The molecule has 0 amide bonds. The maximum absolute atomic E-state index is 12.5. The number of rotatable bonds is 4. The monoisotopic (exact) mass is 441 g/mol. The Hall–Kier alpha value is -3.66. The van der Waals surface area contributed by atoms with Crippen LogP contribution in [-0.4, -0.2) is 28.8 Å². The minimum atomic E-state index is -0.587. The van der Waals surface area contributed by atoms with Gasteiger partial charge < -0.3 is 9.67 Å². The molecule has 0 saturated carbocycles. The van der Waals surface area contributed by atoms with Gasteiger partial charge in [-0.25, -0.2) is 4.79 Å². The Balaban J connectivity index is 1.95. The molecule has 3 heterocycles. The average Bonchev–Trinajstić information content (AvgIpc) is 3.19. The first-order valence-corrected chi connectivity index (χ1v) is 9.78. The Bertz CT molecular complexity index is 1510. The third kappa shape index (κ3) is 3.44. The number of nitrogens with zero attached hydrogens (tertiary/aromatic N) is 6. The molecule has 160 valence electrons. The molecule has 4 aromatic rings. The quantitative estimate of drug-likeness (QED) is 0.470. The maximum atomic E-state index is 12.5. The fraction of sp³-hybridized carbons (Fsp3) is 0.250. The highest BCUT2D eigenvalue weighted by Gasteiger charge is 2.18. The second kappa shape index (κ2) is 7.55. The number of aromatic amines is 1. The number of benzene rings is 1. The highest BCUT2D eigenvalue weighted by molar-refractivity contribution is 6.29. The van der Waals surface area contributed by atoms with E-state index in [1.807, 2.05) is 25.1 Å². The molecule has 0 atom stereocenters. The second-order valence-electron chi connectivity index (χ2n) is 7.26. The molecule has 31 heavy (non-hydrogen) atoms. The van der Waals surface area contributed by atoms with Crippen LogP contribution in [0.1, 0.15) is 12.5 Å². The molecule has 0 aliphatic rings. The minimum absolute atomic E-state index is 0.0474. The third-order valence-corrected chi connectivity index (χ3v) is 5.23. The van der Waals surface area contributed by atoms with E-state index in [1.165, 1.54) is 16.2 Å². The summed E-state index contributed by atoms with van der Waals surface area (Å²) in [5.74, 6) is 0.0497. The average molecular weight is 442 g/mol. The minimum Gasteiger partial charge on any atom is -0.493 e. The van der Waals surface area contributed by atoms with Crippen molar-refractivity contribution >= 4 is 45.3 Å². The number of hydrogen-bond donors (Lipinski definition) is 2. The normalized spacial score (nSPS) is 12.6. The van der Waals surface area contributed by atoms with Crippen molar-refractivity contribution in [2.75, 3.05) is 0 Å². The summed E-state index contributed by atoms with van der Waals surface area (Å²) in [6.07, 6.45) is 1.69. The van der Waals surface area contributed by atoms with Gasteiger partial charge in [-0.15, -0.1) is 10.2 Å². The second-order valence-corrected chi connectivity index (χ2v) is 7.85. The van der Waals surface area contributed by atoms with Crippen molar-refractivity contribution in [1.29, 1.82) is 0 Å². The molecule has 0 fully saturated rings. The predicted octanol–water partition coefficient (Wildman–Crippen LogP) is 3.49. The molecule has 0 unspecified atom stereocenters. The molecule has 2 N–H and O–H groups in total. The number of allylic oxidation sites excluding steroid dienone is 2. The van der Waals surface area contributed by atoms with E-state index in [0.717, 1.165) is 16.5 Å². The Kier molecular flexibility index (Phi) is 5.02. The molecule has 0 aliphatic carbocycles. The zero-order valence-electron chi connectivity index (χ0n) is 17.3. The van der Waals surface area contributed by atoms with E-state index in [4.69, 9.17) is 11.6 Å².